The van der Waals surface area contributed by atoms with E-state index in [-0.39, 0.29) is 29.0 Å². The molecule has 9 heteroatoms. The Morgan fingerprint density at radius 1 is 1.16 bits per heavy atom. The van der Waals surface area contributed by atoms with Gasteiger partial charge in [-0.1, -0.05) is 25.1 Å². The number of aromatic nitrogens is 1. The first kappa shape index (κ1) is 23.5. The van der Waals surface area contributed by atoms with Crippen molar-refractivity contribution in [1.29, 1.82) is 0 Å². The van der Waals surface area contributed by atoms with Crippen LogP contribution < -0.4 is 10.3 Å². The highest BCUT2D eigenvalue weighted by Crippen LogP contribution is 2.42. The molecule has 32 heavy (non-hydrogen) atoms. The molecule has 0 saturated carbocycles. The maximum absolute atomic E-state index is 14.1. The maximum Gasteiger partial charge on any atom is 0.422 e. The molecule has 0 radical (unpaired) electrons. The van der Waals surface area contributed by atoms with Gasteiger partial charge in [0.1, 0.15) is 0 Å². The van der Waals surface area contributed by atoms with Gasteiger partial charge in [0.05, 0.1) is 18.3 Å². The number of methoxy groups -OCH3 is 1. The van der Waals surface area contributed by atoms with Crippen LogP contribution in [0.1, 0.15) is 31.2 Å². The molecule has 1 aromatic heterocycles. The second kappa shape index (κ2) is 9.12. The second-order valence-electron chi connectivity index (χ2n) is 7.41. The molecule has 0 bridgehead atoms. The van der Waals surface area contributed by atoms with E-state index in [0.29, 0.717) is 17.1 Å². The molecule has 5 nitrogen and oxygen atoms in total. The largest absolute Gasteiger partial charge is 0.493 e. The molecule has 3 rings (SSSR count). The Bertz CT molecular complexity index is 1190. The number of benzene rings is 2. The van der Waals surface area contributed by atoms with E-state index >= 15 is 0 Å². The number of ether oxygens (including phenoxy) is 1. The minimum Gasteiger partial charge on any atom is -0.493 e. The zero-order chi connectivity index (χ0) is 23.5. The summed E-state index contributed by atoms with van der Waals surface area (Å²) in [6.45, 7) is 1.64. The second-order valence-corrected chi connectivity index (χ2v) is 7.41. The Balaban J connectivity index is 2.02. The number of hydrogen-bond acceptors (Lipinski definition) is 4. The van der Waals surface area contributed by atoms with Crippen molar-refractivity contribution in [2.24, 2.45) is 4.99 Å². The predicted molar refractivity (Wildman–Crippen MR) is 114 cm³/mol. The van der Waals surface area contributed by atoms with Crippen molar-refractivity contribution in [2.45, 2.75) is 37.5 Å². The summed E-state index contributed by atoms with van der Waals surface area (Å²) in [7, 11) is 1.23. The fraction of sp³-hybridized carbons (Fsp3) is 0.304. The Morgan fingerprint density at radius 3 is 2.53 bits per heavy atom. The Labute approximate surface area is 181 Å². The summed E-state index contributed by atoms with van der Waals surface area (Å²) in [5, 5.41) is 11.1. The number of nitrogens with one attached hydrogen (secondary N) is 1. The van der Waals surface area contributed by atoms with Crippen LogP contribution in [0.4, 0.5) is 23.2 Å². The van der Waals surface area contributed by atoms with Crippen molar-refractivity contribution >= 4 is 22.8 Å². The lowest BCUT2D eigenvalue weighted by molar-refractivity contribution is -0.232. The fourth-order valence-corrected chi connectivity index (χ4v) is 3.61. The molecule has 0 saturated heterocycles. The predicted octanol–water partition coefficient (Wildman–Crippen LogP) is 5.26. The number of nitrogens with zero attached hydrogens (tertiary/aromatic N) is 1. The number of aliphatic hydroxyl groups is 1. The lowest BCUT2D eigenvalue weighted by Crippen LogP contribution is -2.47. The number of hydrogen-bond donors (Lipinski definition) is 2. The molecular weight excluding hydrogens is 428 g/mol. The van der Waals surface area contributed by atoms with E-state index in [2.05, 4.69) is 9.98 Å². The zero-order valence-electron chi connectivity index (χ0n) is 17.4. The van der Waals surface area contributed by atoms with Crippen LogP contribution in [0.15, 0.2) is 58.3 Å². The smallest absolute Gasteiger partial charge is 0.422 e. The van der Waals surface area contributed by atoms with E-state index in [1.54, 1.807) is 13.0 Å². The van der Waals surface area contributed by atoms with E-state index in [0.717, 1.165) is 6.07 Å². The van der Waals surface area contributed by atoms with Crippen molar-refractivity contribution < 1.29 is 27.4 Å². The van der Waals surface area contributed by atoms with Crippen molar-refractivity contribution in [3.63, 3.8) is 0 Å². The first-order valence-electron chi connectivity index (χ1n) is 9.88. The van der Waals surface area contributed by atoms with Gasteiger partial charge in [0.25, 0.3) is 0 Å². The van der Waals surface area contributed by atoms with Gasteiger partial charge in [-0.05, 0) is 43.0 Å². The molecule has 3 aromatic rings. The molecule has 2 N–H and O–H groups in total. The van der Waals surface area contributed by atoms with Crippen LogP contribution in [-0.4, -0.2) is 35.2 Å². The molecule has 2 aromatic carbocycles. The Kier molecular flexibility index (Phi) is 6.68. The van der Waals surface area contributed by atoms with Crippen LogP contribution in [0, 0.1) is 5.82 Å². The third kappa shape index (κ3) is 4.67. The zero-order valence-corrected chi connectivity index (χ0v) is 17.4. The lowest BCUT2D eigenvalue weighted by Gasteiger charge is -2.31. The SMILES string of the molecule is CC[C@@H](C[C@@](O)(C=Nc1cccc2[nH]c(=O)ccc12)C(F)(F)F)c1cccc(F)c1OC. The van der Waals surface area contributed by atoms with Crippen LogP contribution in [0.3, 0.4) is 0 Å². The van der Waals surface area contributed by atoms with Gasteiger partial charge in [0.15, 0.2) is 17.2 Å². The molecule has 0 amide bonds. The number of pyridine rings is 1. The summed E-state index contributed by atoms with van der Waals surface area (Å²) in [6.07, 6.45) is -5.16. The third-order valence-corrected chi connectivity index (χ3v) is 5.34. The molecular formula is C23H22F4N2O3. The number of halogens is 4. The van der Waals surface area contributed by atoms with Crippen molar-refractivity contribution in [1.82, 2.24) is 4.98 Å². The normalized spacial score (nSPS) is 15.1. The van der Waals surface area contributed by atoms with Gasteiger partial charge in [-0.15, -0.1) is 0 Å². The molecule has 0 aliphatic heterocycles. The van der Waals surface area contributed by atoms with Crippen molar-refractivity contribution in [2.75, 3.05) is 7.11 Å². The van der Waals surface area contributed by atoms with Crippen LogP contribution in [-0.2, 0) is 0 Å². The standard InChI is InChI=1S/C23H22F4N2O3/c1-3-14(15-6-4-7-17(24)21(15)32-2)12-22(31,23(25,26)27)13-28-18-8-5-9-19-16(18)10-11-20(30)29-19/h4-11,13-14,31H,3,12H2,1-2H3,(H,29,30)/t14-,22+/m0/s1. The molecule has 0 aliphatic rings. The highest BCUT2D eigenvalue weighted by Gasteiger charge is 2.53. The molecule has 2 atom stereocenters. The molecule has 0 aliphatic carbocycles. The van der Waals surface area contributed by atoms with Crippen LogP contribution in [0.2, 0.25) is 0 Å². The first-order valence-corrected chi connectivity index (χ1v) is 9.88. The van der Waals surface area contributed by atoms with Gasteiger partial charge >= 0.3 is 6.18 Å². The lowest BCUT2D eigenvalue weighted by atomic mass is 9.84. The van der Waals surface area contributed by atoms with E-state index in [4.69, 9.17) is 4.74 Å². The number of alkyl halides is 3. The molecule has 170 valence electrons. The number of aromatic amines is 1. The number of para-hydroxylation sites is 1. The topological polar surface area (TPSA) is 74.7 Å². The van der Waals surface area contributed by atoms with Gasteiger partial charge in [-0.25, -0.2) is 4.39 Å². The average Bonchev–Trinajstić information content (AvgIpc) is 2.74. The maximum atomic E-state index is 14.1. The van der Waals surface area contributed by atoms with E-state index < -0.39 is 29.9 Å². The van der Waals surface area contributed by atoms with E-state index in [9.17, 15) is 27.5 Å². The number of fused-ring (bicyclic) bond motifs is 1. The van der Waals surface area contributed by atoms with Crippen LogP contribution >= 0.6 is 0 Å². The summed E-state index contributed by atoms with van der Waals surface area (Å²) < 4.78 is 61.0. The minimum atomic E-state index is -5.04. The summed E-state index contributed by atoms with van der Waals surface area (Å²) in [5.74, 6) is -1.71. The van der Waals surface area contributed by atoms with Crippen LogP contribution in [0.5, 0.6) is 5.75 Å². The highest BCUT2D eigenvalue weighted by molar-refractivity contribution is 5.91. The Morgan fingerprint density at radius 2 is 1.88 bits per heavy atom. The Hall–Kier alpha value is -3.20. The van der Waals surface area contributed by atoms with Gasteiger partial charge < -0.3 is 14.8 Å². The summed E-state index contributed by atoms with van der Waals surface area (Å²) >= 11 is 0. The molecule has 1 heterocycles. The summed E-state index contributed by atoms with van der Waals surface area (Å²) in [6, 6.07) is 11.3. The van der Waals surface area contributed by atoms with Gasteiger partial charge in [-0.3, -0.25) is 9.79 Å². The number of rotatable bonds is 7. The minimum absolute atomic E-state index is 0.151. The van der Waals surface area contributed by atoms with Crippen molar-refractivity contribution in [3.05, 3.63) is 70.3 Å². The van der Waals surface area contributed by atoms with Crippen molar-refractivity contribution in [3.8, 4) is 5.75 Å². The van der Waals surface area contributed by atoms with Crippen LogP contribution in [0.25, 0.3) is 10.9 Å². The highest BCUT2D eigenvalue weighted by atomic mass is 19.4. The molecule has 0 unspecified atom stereocenters. The number of aliphatic imine (C=N–C) groups is 1. The monoisotopic (exact) mass is 450 g/mol. The molecule has 0 spiro atoms. The van der Waals surface area contributed by atoms with Gasteiger partial charge in [0.2, 0.25) is 5.56 Å². The molecule has 0 fully saturated rings. The first-order chi connectivity index (χ1) is 15.1. The summed E-state index contributed by atoms with van der Waals surface area (Å²) in [4.78, 5) is 18.0. The number of H-pyrrole nitrogens is 1. The quantitative estimate of drug-likeness (QED) is 0.381. The fourth-order valence-electron chi connectivity index (χ4n) is 3.61. The average molecular weight is 450 g/mol. The summed E-state index contributed by atoms with van der Waals surface area (Å²) in [5.41, 5.74) is -2.86. The van der Waals surface area contributed by atoms with E-state index in [1.807, 2.05) is 0 Å². The van der Waals surface area contributed by atoms with Gasteiger partial charge in [-0.2, -0.15) is 13.2 Å². The van der Waals surface area contributed by atoms with Gasteiger partial charge in [0, 0.05) is 23.2 Å². The third-order valence-electron chi connectivity index (χ3n) is 5.34. The van der Waals surface area contributed by atoms with E-state index in [1.165, 1.54) is 43.5 Å².